The third-order valence-electron chi connectivity index (χ3n) is 3.16. The van der Waals surface area contributed by atoms with Crippen LogP contribution in [0.1, 0.15) is 0 Å². The molecule has 0 aromatic heterocycles. The Kier molecular flexibility index (Phi) is 5.40. The lowest BCUT2D eigenvalue weighted by atomic mass is 9.99. The Morgan fingerprint density at radius 2 is 1.62 bits per heavy atom. The normalized spacial score (nSPS) is 32.5. The largest absolute Gasteiger partial charge is 0.539 e. The molecule has 9 heteroatoms. The number of aliphatic hydroxyl groups is 4. The third kappa shape index (κ3) is 3.65. The molecule has 1 aliphatic rings. The van der Waals surface area contributed by atoms with Gasteiger partial charge in [0.15, 0.2) is 0 Å². The average Bonchev–Trinajstić information content (AvgIpc) is 2.50. The maximum absolute atomic E-state index is 9.82. The van der Waals surface area contributed by atoms with E-state index in [-0.39, 0.29) is 0 Å². The lowest BCUT2D eigenvalue weighted by molar-refractivity contribution is -0.277. The summed E-state index contributed by atoms with van der Waals surface area (Å²) >= 11 is 0. The highest BCUT2D eigenvalue weighted by Gasteiger charge is 2.44. The van der Waals surface area contributed by atoms with Gasteiger partial charge in [0.1, 0.15) is 35.9 Å². The molecule has 1 aromatic rings. The molecule has 5 atom stereocenters. The number of ether oxygens (including phenoxy) is 2. The molecule has 5 N–H and O–H groups in total. The average molecular weight is 300 g/mol. The van der Waals surface area contributed by atoms with Crippen LogP contribution in [0.3, 0.4) is 0 Å². The van der Waals surface area contributed by atoms with Crippen LogP contribution in [0.5, 0.6) is 11.5 Å². The predicted molar refractivity (Wildman–Crippen MR) is 70.8 cm³/mol. The van der Waals surface area contributed by atoms with E-state index in [0.717, 1.165) is 0 Å². The van der Waals surface area contributed by atoms with Crippen LogP contribution in [0.2, 0.25) is 0 Å². The quantitative estimate of drug-likeness (QED) is 0.378. The zero-order chi connectivity index (χ0) is 15.4. The minimum absolute atomic E-state index is 0.324. The molecule has 116 valence electrons. The number of rotatable bonds is 5. The molecular weight excluding hydrogens is 283 g/mol. The summed E-state index contributed by atoms with van der Waals surface area (Å²) in [6.45, 7) is -0.520. The summed E-state index contributed by atoms with van der Waals surface area (Å²) in [6.07, 6.45) is -6.63. The van der Waals surface area contributed by atoms with Crippen molar-refractivity contribution in [3.8, 4) is 11.5 Å². The van der Waals surface area contributed by atoms with E-state index in [1.54, 1.807) is 0 Å². The zero-order valence-corrected chi connectivity index (χ0v) is 11.1. The lowest BCUT2D eigenvalue weighted by Crippen LogP contribution is -2.60. The van der Waals surface area contributed by atoms with Crippen LogP contribution in [-0.2, 0) is 4.74 Å². The van der Waals surface area contributed by atoms with Crippen molar-refractivity contribution in [3.63, 3.8) is 0 Å². The molecule has 0 amide bonds. The molecule has 1 aliphatic heterocycles. The zero-order valence-electron chi connectivity index (χ0n) is 11.1. The van der Waals surface area contributed by atoms with Crippen molar-refractivity contribution < 1.29 is 39.6 Å². The highest BCUT2D eigenvalue weighted by molar-refractivity contribution is 6.17. The number of hydrogen-bond donors (Lipinski definition) is 5. The second-order valence-electron chi connectivity index (χ2n) is 4.56. The molecule has 1 unspecified atom stereocenters. The molecule has 1 aromatic carbocycles. The van der Waals surface area contributed by atoms with Crippen molar-refractivity contribution in [2.45, 2.75) is 30.7 Å². The van der Waals surface area contributed by atoms with Gasteiger partial charge >= 0.3 is 7.69 Å². The topological polar surface area (TPSA) is 129 Å². The summed E-state index contributed by atoms with van der Waals surface area (Å²) in [4.78, 5) is 0. The van der Waals surface area contributed by atoms with E-state index in [4.69, 9.17) is 24.3 Å². The molecule has 2 rings (SSSR count). The van der Waals surface area contributed by atoms with Crippen LogP contribution < -0.4 is 9.39 Å². The van der Waals surface area contributed by atoms with Gasteiger partial charge in [-0.25, -0.2) is 0 Å². The Hall–Kier alpha value is -1.36. The minimum Gasteiger partial charge on any atom is -0.539 e. The highest BCUT2D eigenvalue weighted by Crippen LogP contribution is 2.25. The van der Waals surface area contributed by atoms with Crippen LogP contribution >= 0.6 is 0 Å². The second kappa shape index (κ2) is 7.07. The molecular formula is C12H17BO8. The van der Waals surface area contributed by atoms with Crippen molar-refractivity contribution in [2.24, 2.45) is 0 Å². The maximum Gasteiger partial charge on any atom is 0.504 e. The van der Waals surface area contributed by atoms with Gasteiger partial charge in [-0.1, -0.05) is 0 Å². The number of hydrogen-bond acceptors (Lipinski definition) is 8. The summed E-state index contributed by atoms with van der Waals surface area (Å²) < 4.78 is 15.4. The van der Waals surface area contributed by atoms with E-state index in [9.17, 15) is 15.3 Å². The molecule has 0 aliphatic carbocycles. The van der Waals surface area contributed by atoms with Crippen LogP contribution in [0, 0.1) is 0 Å². The summed E-state index contributed by atoms with van der Waals surface area (Å²) in [5.74, 6) is 0.753. The molecule has 0 spiro atoms. The van der Waals surface area contributed by atoms with Gasteiger partial charge in [-0.15, -0.1) is 0 Å². The van der Waals surface area contributed by atoms with Gasteiger partial charge in [0.25, 0.3) is 0 Å². The number of benzene rings is 1. The van der Waals surface area contributed by atoms with E-state index in [1.165, 1.54) is 24.3 Å². The summed E-state index contributed by atoms with van der Waals surface area (Å²) in [6, 6.07) is 6.12. The lowest BCUT2D eigenvalue weighted by Gasteiger charge is -2.39. The first-order valence-electron chi connectivity index (χ1n) is 6.37. The van der Waals surface area contributed by atoms with Gasteiger partial charge in [0.2, 0.25) is 6.29 Å². The Balaban J connectivity index is 2.03. The van der Waals surface area contributed by atoms with Crippen molar-refractivity contribution in [2.75, 3.05) is 6.61 Å². The SMILES string of the molecule is OBOc1ccc(OC2O[C@H](CO)[C@@H](O)[C@H](O)[C@@H]2O)cc1. The molecule has 8 nitrogen and oxygen atoms in total. The van der Waals surface area contributed by atoms with E-state index < -0.39 is 45.0 Å². The fourth-order valence-corrected chi connectivity index (χ4v) is 1.99. The molecule has 1 saturated heterocycles. The van der Waals surface area contributed by atoms with Crippen LogP contribution in [0.15, 0.2) is 24.3 Å². The van der Waals surface area contributed by atoms with Crippen molar-refractivity contribution in [1.82, 2.24) is 0 Å². The minimum atomic E-state index is -1.49. The molecule has 0 radical (unpaired) electrons. The van der Waals surface area contributed by atoms with Crippen LogP contribution in [-0.4, -0.2) is 70.4 Å². The molecule has 21 heavy (non-hydrogen) atoms. The van der Waals surface area contributed by atoms with Crippen molar-refractivity contribution in [3.05, 3.63) is 24.3 Å². The van der Waals surface area contributed by atoms with E-state index in [1.807, 2.05) is 0 Å². The Morgan fingerprint density at radius 3 is 2.19 bits per heavy atom. The monoisotopic (exact) mass is 300 g/mol. The first kappa shape index (κ1) is 16.0. The molecule has 0 saturated carbocycles. The Morgan fingerprint density at radius 1 is 1.00 bits per heavy atom. The molecule has 0 bridgehead atoms. The Labute approximate surface area is 121 Å². The van der Waals surface area contributed by atoms with Gasteiger partial charge < -0.3 is 39.6 Å². The van der Waals surface area contributed by atoms with Gasteiger partial charge in [0.05, 0.1) is 6.61 Å². The van der Waals surface area contributed by atoms with E-state index in [2.05, 4.69) is 0 Å². The highest BCUT2D eigenvalue weighted by atomic mass is 16.7. The third-order valence-corrected chi connectivity index (χ3v) is 3.16. The summed E-state index contributed by atoms with van der Waals surface area (Å²) in [7, 11) is -0.451. The molecule has 1 fully saturated rings. The fourth-order valence-electron chi connectivity index (χ4n) is 1.99. The fraction of sp³-hybridized carbons (Fsp3) is 0.500. The molecule has 1 heterocycles. The Bertz CT molecular complexity index is 439. The predicted octanol–water partition coefficient (Wildman–Crippen LogP) is -2.50. The van der Waals surface area contributed by atoms with Gasteiger partial charge in [-0.05, 0) is 24.3 Å². The second-order valence-corrected chi connectivity index (χ2v) is 4.56. The number of aliphatic hydroxyl groups excluding tert-OH is 4. The van der Waals surface area contributed by atoms with Crippen molar-refractivity contribution >= 4 is 7.69 Å². The van der Waals surface area contributed by atoms with E-state index in [0.29, 0.717) is 11.5 Å². The van der Waals surface area contributed by atoms with Crippen LogP contribution in [0.25, 0.3) is 0 Å². The van der Waals surface area contributed by atoms with Gasteiger partial charge in [-0.3, -0.25) is 0 Å². The van der Waals surface area contributed by atoms with Crippen LogP contribution in [0.4, 0.5) is 0 Å². The van der Waals surface area contributed by atoms with Crippen molar-refractivity contribution in [1.29, 1.82) is 0 Å². The first-order valence-corrected chi connectivity index (χ1v) is 6.37. The summed E-state index contributed by atoms with van der Waals surface area (Å²) in [5, 5.41) is 46.8. The standard InChI is InChI=1S/C12H17BO8/c14-5-8-9(15)10(16)11(17)12(20-8)19-6-1-3-7(4-2-6)21-13-18/h1-4,8-18H,5H2/t8-,9-,10+,11+,12?/m1/s1. The summed E-state index contributed by atoms with van der Waals surface area (Å²) in [5.41, 5.74) is 0. The maximum atomic E-state index is 9.82. The first-order chi connectivity index (χ1) is 10.1. The van der Waals surface area contributed by atoms with E-state index >= 15 is 0 Å². The smallest absolute Gasteiger partial charge is 0.504 e. The van der Waals surface area contributed by atoms with Gasteiger partial charge in [0, 0.05) is 0 Å². The van der Waals surface area contributed by atoms with Gasteiger partial charge in [-0.2, -0.15) is 0 Å².